The molecular formula is C29H24N2O4S. The number of fused-ring (bicyclic) bond motifs is 1. The zero-order valence-electron chi connectivity index (χ0n) is 20.1. The van der Waals surface area contributed by atoms with Crippen molar-refractivity contribution in [2.75, 3.05) is 7.11 Å². The summed E-state index contributed by atoms with van der Waals surface area (Å²) in [5.41, 5.74) is 4.60. The Morgan fingerprint density at radius 2 is 1.67 bits per heavy atom. The summed E-state index contributed by atoms with van der Waals surface area (Å²) < 4.78 is 6.90. The Balaban J connectivity index is 1.45. The Labute approximate surface area is 213 Å². The number of carbonyl (C=O) groups is 3. The second kappa shape index (κ2) is 9.51. The predicted octanol–water partition coefficient (Wildman–Crippen LogP) is 6.27. The number of hydrogen-bond donors (Lipinski definition) is 0. The fraction of sp³-hybridized carbons (Fsp3) is 0.138. The Morgan fingerprint density at radius 3 is 2.44 bits per heavy atom. The van der Waals surface area contributed by atoms with E-state index in [0.717, 1.165) is 45.0 Å². The number of thioether (sulfide) groups is 1. The lowest BCUT2D eigenvalue weighted by Gasteiger charge is -2.13. The van der Waals surface area contributed by atoms with Gasteiger partial charge in [0.05, 0.1) is 29.8 Å². The molecule has 0 bridgehead atoms. The van der Waals surface area contributed by atoms with Crippen molar-refractivity contribution in [3.8, 4) is 5.69 Å². The number of rotatable bonds is 5. The molecule has 7 heteroatoms. The topological polar surface area (TPSA) is 68.6 Å². The van der Waals surface area contributed by atoms with Gasteiger partial charge >= 0.3 is 5.97 Å². The van der Waals surface area contributed by atoms with Crippen LogP contribution in [0.2, 0.25) is 0 Å². The van der Waals surface area contributed by atoms with Crippen molar-refractivity contribution in [2.24, 2.45) is 0 Å². The maximum absolute atomic E-state index is 13.2. The van der Waals surface area contributed by atoms with Gasteiger partial charge in [0.2, 0.25) is 0 Å². The molecule has 1 aliphatic heterocycles. The molecule has 2 heterocycles. The summed E-state index contributed by atoms with van der Waals surface area (Å²) in [5, 5.41) is 1.89. The van der Waals surface area contributed by atoms with E-state index >= 15 is 0 Å². The zero-order chi connectivity index (χ0) is 25.4. The van der Waals surface area contributed by atoms with Crippen LogP contribution in [0.15, 0.2) is 77.7 Å². The van der Waals surface area contributed by atoms with E-state index in [4.69, 9.17) is 4.74 Å². The highest BCUT2D eigenvalue weighted by Crippen LogP contribution is 2.35. The fourth-order valence-electron chi connectivity index (χ4n) is 4.55. The summed E-state index contributed by atoms with van der Waals surface area (Å²) >= 11 is 0.946. The van der Waals surface area contributed by atoms with Gasteiger partial charge in [-0.1, -0.05) is 48.5 Å². The molecule has 0 radical (unpaired) electrons. The van der Waals surface area contributed by atoms with Crippen molar-refractivity contribution in [2.45, 2.75) is 20.4 Å². The van der Waals surface area contributed by atoms with Crippen LogP contribution in [0.5, 0.6) is 0 Å². The molecule has 1 aliphatic rings. The molecule has 0 atom stereocenters. The van der Waals surface area contributed by atoms with Crippen LogP contribution in [0.25, 0.3) is 22.5 Å². The summed E-state index contributed by atoms with van der Waals surface area (Å²) in [6.07, 6.45) is 1.75. The van der Waals surface area contributed by atoms with Gasteiger partial charge in [-0.3, -0.25) is 14.5 Å². The first-order valence-electron chi connectivity index (χ1n) is 11.5. The number of ether oxygens (including phenoxy) is 1. The molecule has 6 nitrogen and oxygen atoms in total. The van der Waals surface area contributed by atoms with Crippen LogP contribution in [0.4, 0.5) is 4.79 Å². The minimum atomic E-state index is -0.422. The molecule has 5 rings (SSSR count). The molecule has 3 aromatic carbocycles. The van der Waals surface area contributed by atoms with E-state index < -0.39 is 5.97 Å². The number of methoxy groups -OCH3 is 1. The van der Waals surface area contributed by atoms with Gasteiger partial charge < -0.3 is 9.30 Å². The maximum Gasteiger partial charge on any atom is 0.339 e. The maximum atomic E-state index is 13.2. The minimum absolute atomic E-state index is 0.221. The number of hydrogen-bond acceptors (Lipinski definition) is 5. The third-order valence-electron chi connectivity index (χ3n) is 6.34. The van der Waals surface area contributed by atoms with E-state index in [0.29, 0.717) is 16.2 Å². The number of imide groups is 1. The van der Waals surface area contributed by atoms with E-state index in [2.05, 4.69) is 0 Å². The average molecular weight is 497 g/mol. The number of para-hydroxylation sites is 1. The quantitative estimate of drug-likeness (QED) is 0.241. The molecule has 0 aliphatic carbocycles. The second-order valence-electron chi connectivity index (χ2n) is 8.62. The normalized spacial score (nSPS) is 14.8. The Morgan fingerprint density at radius 1 is 0.944 bits per heavy atom. The van der Waals surface area contributed by atoms with Crippen molar-refractivity contribution in [3.05, 3.63) is 106 Å². The van der Waals surface area contributed by atoms with Gasteiger partial charge in [-0.05, 0) is 77.9 Å². The van der Waals surface area contributed by atoms with Crippen LogP contribution in [0.1, 0.15) is 32.9 Å². The molecule has 4 aromatic rings. The molecule has 2 amide bonds. The summed E-state index contributed by atoms with van der Waals surface area (Å²) in [6, 6.07) is 23.1. The monoisotopic (exact) mass is 496 g/mol. The predicted molar refractivity (Wildman–Crippen MR) is 142 cm³/mol. The van der Waals surface area contributed by atoms with Gasteiger partial charge in [-0.2, -0.15) is 0 Å². The minimum Gasteiger partial charge on any atom is -0.465 e. The Hall–Kier alpha value is -4.10. The zero-order valence-corrected chi connectivity index (χ0v) is 21.0. The highest BCUT2D eigenvalue weighted by Gasteiger charge is 2.35. The lowest BCUT2D eigenvalue weighted by Crippen LogP contribution is -2.27. The number of esters is 1. The highest BCUT2D eigenvalue weighted by molar-refractivity contribution is 8.18. The lowest BCUT2D eigenvalue weighted by molar-refractivity contribution is -0.123. The second-order valence-corrected chi connectivity index (χ2v) is 9.61. The van der Waals surface area contributed by atoms with E-state index in [9.17, 15) is 14.4 Å². The summed E-state index contributed by atoms with van der Waals surface area (Å²) in [4.78, 5) is 39.9. The van der Waals surface area contributed by atoms with Crippen molar-refractivity contribution >= 4 is 45.7 Å². The van der Waals surface area contributed by atoms with Crippen LogP contribution in [-0.2, 0) is 16.1 Å². The standard InChI is InChI=1S/C29H24N2O4S/c1-18-14-23(19(2)31(18)25-11-7-6-10-24(25)28(33)35-3)16-26-27(32)30(29(34)36-26)17-20-12-13-21-8-4-5-9-22(21)15-20/h4-16H,17H2,1-3H3/b26-16-. The van der Waals surface area contributed by atoms with E-state index in [1.165, 1.54) is 12.0 Å². The molecule has 0 spiro atoms. The van der Waals surface area contributed by atoms with E-state index in [1.807, 2.05) is 79.1 Å². The van der Waals surface area contributed by atoms with Gasteiger partial charge in [-0.15, -0.1) is 0 Å². The first kappa shape index (κ1) is 23.6. The summed E-state index contributed by atoms with van der Waals surface area (Å²) in [7, 11) is 1.36. The number of aryl methyl sites for hydroxylation is 1. The summed E-state index contributed by atoms with van der Waals surface area (Å²) in [5.74, 6) is -0.729. The third-order valence-corrected chi connectivity index (χ3v) is 7.24. The van der Waals surface area contributed by atoms with Gasteiger partial charge in [0.1, 0.15) is 0 Å². The van der Waals surface area contributed by atoms with Gasteiger partial charge in [-0.25, -0.2) is 4.79 Å². The van der Waals surface area contributed by atoms with Crippen LogP contribution in [0, 0.1) is 13.8 Å². The van der Waals surface area contributed by atoms with E-state index in [1.54, 1.807) is 18.2 Å². The SMILES string of the molecule is COC(=O)c1ccccc1-n1c(C)cc(/C=C2\SC(=O)N(Cc3ccc4ccccc4c3)C2=O)c1C. The number of benzene rings is 3. The molecular weight excluding hydrogens is 472 g/mol. The smallest absolute Gasteiger partial charge is 0.339 e. The van der Waals surface area contributed by atoms with Crippen molar-refractivity contribution in [3.63, 3.8) is 0 Å². The molecule has 0 unspecified atom stereocenters. The number of amides is 2. The van der Waals surface area contributed by atoms with Crippen molar-refractivity contribution in [1.29, 1.82) is 0 Å². The highest BCUT2D eigenvalue weighted by atomic mass is 32.2. The lowest BCUT2D eigenvalue weighted by atomic mass is 10.1. The molecule has 1 fully saturated rings. The molecule has 180 valence electrons. The molecule has 36 heavy (non-hydrogen) atoms. The molecule has 0 saturated carbocycles. The Bertz CT molecular complexity index is 1570. The van der Waals surface area contributed by atoms with Gasteiger partial charge in [0.25, 0.3) is 11.1 Å². The van der Waals surface area contributed by atoms with Crippen LogP contribution < -0.4 is 0 Å². The van der Waals surface area contributed by atoms with Crippen LogP contribution in [0.3, 0.4) is 0 Å². The van der Waals surface area contributed by atoms with Crippen molar-refractivity contribution in [1.82, 2.24) is 9.47 Å². The van der Waals surface area contributed by atoms with Crippen molar-refractivity contribution < 1.29 is 19.1 Å². The van der Waals surface area contributed by atoms with Gasteiger partial charge in [0, 0.05) is 11.4 Å². The largest absolute Gasteiger partial charge is 0.465 e. The number of carbonyl (C=O) groups excluding carboxylic acids is 3. The van der Waals surface area contributed by atoms with Crippen LogP contribution >= 0.6 is 11.8 Å². The number of nitrogens with zero attached hydrogens (tertiary/aromatic N) is 2. The third kappa shape index (κ3) is 4.22. The summed E-state index contributed by atoms with van der Waals surface area (Å²) in [6.45, 7) is 4.08. The number of aromatic nitrogens is 1. The fourth-order valence-corrected chi connectivity index (χ4v) is 5.38. The first-order valence-corrected chi connectivity index (χ1v) is 12.3. The van der Waals surface area contributed by atoms with Gasteiger partial charge in [0.15, 0.2) is 0 Å². The average Bonchev–Trinajstić information content (AvgIpc) is 3.32. The molecule has 0 N–H and O–H groups in total. The van der Waals surface area contributed by atoms with Crippen LogP contribution in [-0.4, -0.2) is 33.7 Å². The Kier molecular flexibility index (Phi) is 6.24. The molecule has 1 aromatic heterocycles. The first-order chi connectivity index (χ1) is 17.4. The van der Waals surface area contributed by atoms with E-state index in [-0.39, 0.29) is 17.7 Å². The molecule has 1 saturated heterocycles.